The van der Waals surface area contributed by atoms with Crippen LogP contribution in [0.3, 0.4) is 0 Å². The maximum absolute atomic E-state index is 11.0. The van der Waals surface area contributed by atoms with Crippen molar-refractivity contribution in [1.82, 2.24) is 0 Å². The summed E-state index contributed by atoms with van der Waals surface area (Å²) in [6.07, 6.45) is 5.93. The molecule has 0 bridgehead atoms. The van der Waals surface area contributed by atoms with Gasteiger partial charge in [-0.3, -0.25) is 0 Å². The fourth-order valence-electron chi connectivity index (χ4n) is 2.31. The highest BCUT2D eigenvalue weighted by Crippen LogP contribution is 2.35. The molecule has 0 fully saturated rings. The molecule has 0 radical (unpaired) electrons. The van der Waals surface area contributed by atoms with Crippen molar-refractivity contribution < 1.29 is 9.90 Å². The summed E-state index contributed by atoms with van der Waals surface area (Å²) in [5.74, 6) is -0.828. The molecule has 0 saturated carbocycles. The van der Waals surface area contributed by atoms with Gasteiger partial charge in [0, 0.05) is 6.54 Å². The van der Waals surface area contributed by atoms with Gasteiger partial charge in [-0.25, -0.2) is 4.79 Å². The van der Waals surface area contributed by atoms with Crippen LogP contribution in [-0.4, -0.2) is 24.2 Å². The lowest BCUT2D eigenvalue weighted by atomic mass is 9.96. The molecule has 80 valence electrons. The van der Waals surface area contributed by atoms with E-state index < -0.39 is 5.97 Å². The minimum atomic E-state index is -0.828. The largest absolute Gasteiger partial charge is 0.478 e. The van der Waals surface area contributed by atoms with E-state index in [2.05, 4.69) is 23.1 Å². The average Bonchev–Trinajstić information content (AvgIpc) is 2.29. The lowest BCUT2D eigenvalue weighted by molar-refractivity contribution is -0.132. The van der Waals surface area contributed by atoms with Crippen molar-refractivity contribution in [2.75, 3.05) is 18.0 Å². The van der Waals surface area contributed by atoms with Gasteiger partial charge in [-0.05, 0) is 17.2 Å². The van der Waals surface area contributed by atoms with Gasteiger partial charge in [-0.1, -0.05) is 30.4 Å². The minimum absolute atomic E-state index is 0.458. The van der Waals surface area contributed by atoms with Crippen molar-refractivity contribution in [2.24, 2.45) is 0 Å². The Labute approximate surface area is 93.3 Å². The summed E-state index contributed by atoms with van der Waals surface area (Å²) in [5.41, 5.74) is 3.80. The van der Waals surface area contributed by atoms with Gasteiger partial charge in [0.05, 0.1) is 17.8 Å². The molecule has 0 atom stereocenters. The Morgan fingerprint density at radius 2 is 2.12 bits per heavy atom. The third-order valence-electron chi connectivity index (χ3n) is 3.00. The molecule has 2 heterocycles. The second kappa shape index (κ2) is 3.23. The molecule has 3 rings (SSSR count). The standard InChI is InChI=1S/C13H11NO2/c15-13(16)11-7-10-4-1-3-9-5-2-6-14(8-11)12(9)10/h1-5,7H,6,8H2,(H,15,16). The van der Waals surface area contributed by atoms with Crippen LogP contribution in [0.4, 0.5) is 5.69 Å². The molecule has 0 aliphatic carbocycles. The van der Waals surface area contributed by atoms with Gasteiger partial charge in [-0.15, -0.1) is 0 Å². The van der Waals surface area contributed by atoms with Crippen LogP contribution < -0.4 is 4.90 Å². The average molecular weight is 213 g/mol. The number of nitrogens with zero attached hydrogens (tertiary/aromatic N) is 1. The normalized spacial score (nSPS) is 16.8. The fourth-order valence-corrected chi connectivity index (χ4v) is 2.31. The van der Waals surface area contributed by atoms with E-state index in [0.29, 0.717) is 12.1 Å². The van der Waals surface area contributed by atoms with Crippen LogP contribution in [0.1, 0.15) is 11.1 Å². The minimum Gasteiger partial charge on any atom is -0.478 e. The Morgan fingerprint density at radius 3 is 2.94 bits per heavy atom. The van der Waals surface area contributed by atoms with E-state index in [1.54, 1.807) is 6.08 Å². The highest BCUT2D eigenvalue weighted by atomic mass is 16.4. The number of benzene rings is 1. The van der Waals surface area contributed by atoms with E-state index in [1.165, 1.54) is 5.56 Å². The monoisotopic (exact) mass is 213 g/mol. The Bertz CT molecular complexity index is 529. The summed E-state index contributed by atoms with van der Waals surface area (Å²) in [7, 11) is 0. The third kappa shape index (κ3) is 1.25. The highest BCUT2D eigenvalue weighted by molar-refractivity contribution is 5.97. The van der Waals surface area contributed by atoms with Gasteiger partial charge in [-0.2, -0.15) is 0 Å². The van der Waals surface area contributed by atoms with Gasteiger partial charge in [0.25, 0.3) is 0 Å². The van der Waals surface area contributed by atoms with E-state index in [4.69, 9.17) is 5.11 Å². The van der Waals surface area contributed by atoms with Crippen LogP contribution >= 0.6 is 0 Å². The molecular weight excluding hydrogens is 202 g/mol. The fraction of sp³-hybridized carbons (Fsp3) is 0.154. The molecule has 0 saturated heterocycles. The molecule has 0 aromatic heterocycles. The maximum Gasteiger partial charge on any atom is 0.333 e. The molecule has 2 aliphatic heterocycles. The second-order valence-electron chi connectivity index (χ2n) is 4.04. The van der Waals surface area contributed by atoms with Crippen LogP contribution in [0.25, 0.3) is 12.2 Å². The third-order valence-corrected chi connectivity index (χ3v) is 3.00. The number of carbonyl (C=O) groups is 1. The number of anilines is 1. The summed E-state index contributed by atoms with van der Waals surface area (Å²) in [5, 5.41) is 9.05. The number of rotatable bonds is 1. The number of hydrogen-bond acceptors (Lipinski definition) is 2. The Hall–Kier alpha value is -2.03. The lowest BCUT2D eigenvalue weighted by Gasteiger charge is -2.33. The predicted molar refractivity (Wildman–Crippen MR) is 63.3 cm³/mol. The van der Waals surface area contributed by atoms with E-state index in [1.807, 2.05) is 12.1 Å². The molecule has 0 unspecified atom stereocenters. The van der Waals surface area contributed by atoms with E-state index >= 15 is 0 Å². The van der Waals surface area contributed by atoms with Crippen LogP contribution in [0, 0.1) is 0 Å². The van der Waals surface area contributed by atoms with Gasteiger partial charge in [0.1, 0.15) is 0 Å². The highest BCUT2D eigenvalue weighted by Gasteiger charge is 2.24. The first-order chi connectivity index (χ1) is 7.75. The van der Waals surface area contributed by atoms with Crippen molar-refractivity contribution in [1.29, 1.82) is 0 Å². The molecule has 0 amide bonds. The van der Waals surface area contributed by atoms with Crippen LogP contribution in [-0.2, 0) is 4.79 Å². The smallest absolute Gasteiger partial charge is 0.333 e. The second-order valence-corrected chi connectivity index (χ2v) is 4.04. The summed E-state index contributed by atoms with van der Waals surface area (Å²) in [6, 6.07) is 5.98. The van der Waals surface area contributed by atoms with Gasteiger partial charge < -0.3 is 10.0 Å². The maximum atomic E-state index is 11.0. The van der Waals surface area contributed by atoms with Crippen molar-refractivity contribution in [3.63, 3.8) is 0 Å². The van der Waals surface area contributed by atoms with Crippen LogP contribution in [0.5, 0.6) is 0 Å². The van der Waals surface area contributed by atoms with E-state index in [0.717, 1.165) is 17.8 Å². The van der Waals surface area contributed by atoms with Gasteiger partial charge in [0.2, 0.25) is 0 Å². The van der Waals surface area contributed by atoms with Crippen molar-refractivity contribution in [3.8, 4) is 0 Å². The molecular formula is C13H11NO2. The van der Waals surface area contributed by atoms with E-state index in [9.17, 15) is 4.79 Å². The van der Waals surface area contributed by atoms with Crippen molar-refractivity contribution in [3.05, 3.63) is 41.0 Å². The molecule has 2 aliphatic rings. The van der Waals surface area contributed by atoms with Crippen LogP contribution in [0.15, 0.2) is 29.8 Å². The SMILES string of the molecule is O=C(O)C1=Cc2cccc3c2N(CC=C3)C1. The zero-order valence-electron chi connectivity index (χ0n) is 8.68. The summed E-state index contributed by atoms with van der Waals surface area (Å²) in [4.78, 5) is 13.1. The summed E-state index contributed by atoms with van der Waals surface area (Å²) < 4.78 is 0. The predicted octanol–water partition coefficient (Wildman–Crippen LogP) is 2.00. The van der Waals surface area contributed by atoms with Crippen LogP contribution in [0.2, 0.25) is 0 Å². The number of carboxylic acid groups (broad SMARTS) is 1. The molecule has 1 N–H and O–H groups in total. The van der Waals surface area contributed by atoms with Gasteiger partial charge in [0.15, 0.2) is 0 Å². The first-order valence-corrected chi connectivity index (χ1v) is 5.24. The molecule has 1 aromatic rings. The number of para-hydroxylation sites is 1. The summed E-state index contributed by atoms with van der Waals surface area (Å²) >= 11 is 0. The lowest BCUT2D eigenvalue weighted by Crippen LogP contribution is -2.33. The molecule has 3 heteroatoms. The molecule has 3 nitrogen and oxygen atoms in total. The Kier molecular flexibility index (Phi) is 1.86. The number of carboxylic acids is 1. The Morgan fingerprint density at radius 1 is 1.31 bits per heavy atom. The zero-order valence-corrected chi connectivity index (χ0v) is 8.68. The number of aliphatic carboxylic acids is 1. The quantitative estimate of drug-likeness (QED) is 0.775. The molecule has 1 aromatic carbocycles. The first-order valence-electron chi connectivity index (χ1n) is 5.24. The molecule has 0 spiro atoms. The Balaban J connectivity index is 2.20. The number of hydrogen-bond donors (Lipinski definition) is 1. The van der Waals surface area contributed by atoms with Crippen molar-refractivity contribution in [2.45, 2.75) is 0 Å². The topological polar surface area (TPSA) is 40.5 Å². The van der Waals surface area contributed by atoms with E-state index in [-0.39, 0.29) is 0 Å². The summed E-state index contributed by atoms with van der Waals surface area (Å²) in [6.45, 7) is 1.28. The zero-order chi connectivity index (χ0) is 11.1. The molecule has 16 heavy (non-hydrogen) atoms. The van der Waals surface area contributed by atoms with Gasteiger partial charge >= 0.3 is 5.97 Å². The van der Waals surface area contributed by atoms with Crippen molar-refractivity contribution >= 4 is 23.8 Å². The first kappa shape index (κ1) is 9.21.